The highest BCUT2D eigenvalue weighted by Crippen LogP contribution is 2.69. The maximum absolute atomic E-state index is 12.4. The van der Waals surface area contributed by atoms with Crippen molar-refractivity contribution in [2.75, 3.05) is 7.11 Å². The maximum Gasteiger partial charge on any atom is 0.305 e. The average molecular weight is 505 g/mol. The summed E-state index contributed by atoms with van der Waals surface area (Å²) in [5, 5.41) is 0. The predicted octanol–water partition coefficient (Wildman–Crippen LogP) is 4.89. The van der Waals surface area contributed by atoms with Gasteiger partial charge in [0.1, 0.15) is 18.0 Å². The van der Waals surface area contributed by atoms with E-state index in [1.165, 1.54) is 21.0 Å². The van der Waals surface area contributed by atoms with E-state index < -0.39 is 0 Å². The van der Waals surface area contributed by atoms with Crippen LogP contribution in [0.2, 0.25) is 0 Å². The third-order valence-corrected chi connectivity index (χ3v) is 11.0. The van der Waals surface area contributed by atoms with Gasteiger partial charge in [-0.2, -0.15) is 0 Å². The van der Waals surface area contributed by atoms with Gasteiger partial charge in [-0.25, -0.2) is 0 Å². The monoisotopic (exact) mass is 504 g/mol. The van der Waals surface area contributed by atoms with Gasteiger partial charge in [0.15, 0.2) is 0 Å². The molecular weight excluding hydrogens is 460 g/mol. The van der Waals surface area contributed by atoms with Gasteiger partial charge >= 0.3 is 17.9 Å². The lowest BCUT2D eigenvalue weighted by molar-refractivity contribution is -0.219. The largest absolute Gasteiger partial charge is 0.469 e. The van der Waals surface area contributed by atoms with Crippen LogP contribution in [0.3, 0.4) is 0 Å². The molecule has 4 fully saturated rings. The summed E-state index contributed by atoms with van der Waals surface area (Å²) in [6.07, 6.45) is 6.09. The summed E-state index contributed by atoms with van der Waals surface area (Å²) in [5.74, 6) is 0.944. The summed E-state index contributed by atoms with van der Waals surface area (Å²) in [6, 6.07) is 0. The number of carbonyl (C=O) groups excluding carboxylic acids is 4. The first-order valence-corrected chi connectivity index (χ1v) is 13.8. The summed E-state index contributed by atoms with van der Waals surface area (Å²) in [5.41, 5.74) is -0.308. The maximum atomic E-state index is 12.4. The summed E-state index contributed by atoms with van der Waals surface area (Å²) < 4.78 is 17.0. The van der Waals surface area contributed by atoms with Crippen molar-refractivity contribution >= 4 is 23.7 Å². The van der Waals surface area contributed by atoms with Gasteiger partial charge in [-0.15, -0.1) is 0 Å². The second kappa shape index (κ2) is 10.1. The first-order valence-electron chi connectivity index (χ1n) is 13.8. The van der Waals surface area contributed by atoms with Crippen molar-refractivity contribution in [1.29, 1.82) is 0 Å². The van der Waals surface area contributed by atoms with Crippen LogP contribution in [0.1, 0.15) is 92.4 Å². The Morgan fingerprint density at radius 3 is 2.36 bits per heavy atom. The van der Waals surface area contributed by atoms with Crippen molar-refractivity contribution in [2.24, 2.45) is 46.3 Å². The molecule has 0 saturated heterocycles. The SMILES string of the molecule is COC(=O)CC[C@@H](C)C1CC[C@H]2[C@@H]3[C@H](OC(C)=O)C[C@@H]4CC(=O)CC[C@]4(C)[C@H]3C[C@H](OC(C)=O)[C@]12C. The van der Waals surface area contributed by atoms with Gasteiger partial charge in [-0.3, -0.25) is 19.2 Å². The fourth-order valence-electron chi connectivity index (χ4n) is 9.25. The highest BCUT2D eigenvalue weighted by atomic mass is 16.5. The molecule has 4 aliphatic carbocycles. The number of methoxy groups -OCH3 is 1. The van der Waals surface area contributed by atoms with Crippen molar-refractivity contribution in [1.82, 2.24) is 0 Å². The summed E-state index contributed by atoms with van der Waals surface area (Å²) in [6.45, 7) is 9.76. The molecular formula is C29H44O7. The lowest BCUT2D eigenvalue weighted by atomic mass is 9.43. The zero-order chi connectivity index (χ0) is 26.4. The van der Waals surface area contributed by atoms with Crippen molar-refractivity contribution < 1.29 is 33.4 Å². The second-order valence-corrected chi connectivity index (χ2v) is 12.6. The number of ether oxygens (including phenoxy) is 3. The van der Waals surface area contributed by atoms with E-state index >= 15 is 0 Å². The van der Waals surface area contributed by atoms with Crippen molar-refractivity contribution in [3.05, 3.63) is 0 Å². The number of carbonyl (C=O) groups is 4. The van der Waals surface area contributed by atoms with E-state index in [-0.39, 0.29) is 76.5 Å². The first kappa shape index (κ1) is 27.1. The summed E-state index contributed by atoms with van der Waals surface area (Å²) >= 11 is 0. The van der Waals surface area contributed by atoms with E-state index in [2.05, 4.69) is 20.8 Å². The minimum Gasteiger partial charge on any atom is -0.469 e. The van der Waals surface area contributed by atoms with Gasteiger partial charge in [-0.05, 0) is 73.5 Å². The van der Waals surface area contributed by atoms with Gasteiger partial charge < -0.3 is 14.2 Å². The van der Waals surface area contributed by atoms with Crippen LogP contribution in [0.15, 0.2) is 0 Å². The lowest BCUT2D eigenvalue weighted by Crippen LogP contribution is -2.63. The number of rotatable bonds is 6. The minimum absolute atomic E-state index is 0.0382. The van der Waals surface area contributed by atoms with Gasteiger partial charge in [-0.1, -0.05) is 20.8 Å². The number of hydrogen-bond acceptors (Lipinski definition) is 7. The van der Waals surface area contributed by atoms with Crippen LogP contribution >= 0.6 is 0 Å². The van der Waals surface area contributed by atoms with E-state index in [1.807, 2.05) is 0 Å². The number of esters is 3. The molecule has 1 unspecified atom stereocenters. The normalized spacial score (nSPS) is 42.4. The third-order valence-electron chi connectivity index (χ3n) is 11.0. The second-order valence-electron chi connectivity index (χ2n) is 12.6. The van der Waals surface area contributed by atoms with Gasteiger partial charge in [0.25, 0.3) is 0 Å². The molecule has 0 aromatic carbocycles. The zero-order valence-electron chi connectivity index (χ0n) is 22.8. The highest BCUT2D eigenvalue weighted by Gasteiger charge is 2.67. The Balaban J connectivity index is 1.72. The molecule has 0 aliphatic heterocycles. The molecule has 0 aromatic heterocycles. The Bertz CT molecular complexity index is 898. The molecule has 202 valence electrons. The number of fused-ring (bicyclic) bond motifs is 5. The molecule has 0 aromatic rings. The Labute approximate surface area is 215 Å². The Hall–Kier alpha value is -1.92. The summed E-state index contributed by atoms with van der Waals surface area (Å²) in [4.78, 5) is 48.9. The molecule has 0 bridgehead atoms. The third kappa shape index (κ3) is 4.60. The van der Waals surface area contributed by atoms with E-state index in [1.54, 1.807) is 0 Å². The molecule has 4 aliphatic rings. The van der Waals surface area contributed by atoms with Crippen molar-refractivity contribution in [3.8, 4) is 0 Å². The van der Waals surface area contributed by atoms with Crippen molar-refractivity contribution in [2.45, 2.75) is 105 Å². The van der Waals surface area contributed by atoms with E-state index in [0.29, 0.717) is 25.0 Å². The molecule has 0 N–H and O–H groups in total. The standard InChI is InChI=1S/C29H44O7/c1-16(7-10-26(33)34-6)21-8-9-22-27-23(15-25(29(21,22)5)36-18(3)31)28(4)12-11-20(32)13-19(28)14-24(27)35-17(2)30/h16,19,21-25,27H,7-15H2,1-6H3/t16-,19+,21?,22+,23+,24-,25+,27+,28+,29-/m1/s1. The van der Waals surface area contributed by atoms with E-state index in [9.17, 15) is 19.2 Å². The number of hydrogen-bond donors (Lipinski definition) is 0. The first-order chi connectivity index (χ1) is 16.9. The lowest BCUT2D eigenvalue weighted by Gasteiger charge is -2.63. The highest BCUT2D eigenvalue weighted by molar-refractivity contribution is 5.79. The smallest absolute Gasteiger partial charge is 0.305 e. The summed E-state index contributed by atoms with van der Waals surface area (Å²) in [7, 11) is 1.42. The Morgan fingerprint density at radius 2 is 1.72 bits per heavy atom. The fraction of sp³-hybridized carbons (Fsp3) is 0.862. The number of Topliss-reactive ketones (excluding diaryl/α,β-unsaturated/α-hetero) is 1. The molecule has 0 radical (unpaired) electrons. The zero-order valence-corrected chi connectivity index (χ0v) is 22.8. The van der Waals surface area contributed by atoms with Crippen molar-refractivity contribution in [3.63, 3.8) is 0 Å². The van der Waals surface area contributed by atoms with Crippen LogP contribution in [0.25, 0.3) is 0 Å². The van der Waals surface area contributed by atoms with E-state index in [0.717, 1.165) is 38.5 Å². The van der Waals surface area contributed by atoms with Crippen LogP contribution in [0, 0.1) is 46.3 Å². The fourth-order valence-corrected chi connectivity index (χ4v) is 9.25. The molecule has 4 saturated carbocycles. The number of ketones is 1. The Kier molecular flexibility index (Phi) is 7.60. The van der Waals surface area contributed by atoms with Crippen LogP contribution in [0.5, 0.6) is 0 Å². The van der Waals surface area contributed by atoms with Gasteiger partial charge in [0, 0.05) is 44.4 Å². The quantitative estimate of drug-likeness (QED) is 0.375. The molecule has 0 spiro atoms. The van der Waals surface area contributed by atoms with Gasteiger partial charge in [0.2, 0.25) is 0 Å². The van der Waals surface area contributed by atoms with Gasteiger partial charge in [0.05, 0.1) is 7.11 Å². The van der Waals surface area contributed by atoms with Crippen LogP contribution < -0.4 is 0 Å². The Morgan fingerprint density at radius 1 is 1.03 bits per heavy atom. The minimum atomic E-state index is -0.269. The molecule has 7 heteroatoms. The molecule has 4 rings (SSSR count). The molecule has 10 atom stereocenters. The molecule has 0 amide bonds. The predicted molar refractivity (Wildman–Crippen MR) is 133 cm³/mol. The molecule has 36 heavy (non-hydrogen) atoms. The van der Waals surface area contributed by atoms with Crippen LogP contribution in [-0.2, 0) is 33.4 Å². The average Bonchev–Trinajstić information content (AvgIpc) is 3.16. The van der Waals surface area contributed by atoms with Crippen LogP contribution in [-0.4, -0.2) is 43.0 Å². The topological polar surface area (TPSA) is 96.0 Å². The molecule has 0 heterocycles. The van der Waals surface area contributed by atoms with Crippen LogP contribution in [0.4, 0.5) is 0 Å². The van der Waals surface area contributed by atoms with E-state index in [4.69, 9.17) is 14.2 Å². The molecule has 7 nitrogen and oxygen atoms in total.